The lowest BCUT2D eigenvalue weighted by atomic mass is 10.1. The van der Waals surface area contributed by atoms with Gasteiger partial charge in [-0.05, 0) is 57.4 Å². The van der Waals surface area contributed by atoms with Crippen LogP contribution < -0.4 is 10.2 Å². The number of nitrogens with zero attached hydrogens (tertiary/aromatic N) is 1. The van der Waals surface area contributed by atoms with Gasteiger partial charge < -0.3 is 10.2 Å². The van der Waals surface area contributed by atoms with Gasteiger partial charge in [-0.3, -0.25) is 4.79 Å². The van der Waals surface area contributed by atoms with Gasteiger partial charge in [0.2, 0.25) is 5.91 Å². The maximum absolute atomic E-state index is 12.4. The molecule has 1 atom stereocenters. The predicted molar refractivity (Wildman–Crippen MR) is 75.0 cm³/mol. The van der Waals surface area contributed by atoms with E-state index in [4.69, 9.17) is 0 Å². The number of benzene rings is 1. The molecule has 1 fully saturated rings. The van der Waals surface area contributed by atoms with Crippen molar-refractivity contribution < 1.29 is 4.79 Å². The third kappa shape index (κ3) is 2.72. The fourth-order valence-electron chi connectivity index (χ4n) is 2.39. The summed E-state index contributed by atoms with van der Waals surface area (Å²) in [5, 5.41) is 3.28. The second-order valence-corrected chi connectivity index (χ2v) is 5.16. The van der Waals surface area contributed by atoms with Crippen LogP contribution in [0.2, 0.25) is 0 Å². The second-order valence-electron chi connectivity index (χ2n) is 5.16. The fourth-order valence-corrected chi connectivity index (χ4v) is 2.39. The van der Waals surface area contributed by atoms with Crippen molar-refractivity contribution in [1.82, 2.24) is 5.32 Å². The van der Waals surface area contributed by atoms with E-state index in [1.54, 1.807) is 0 Å². The van der Waals surface area contributed by atoms with Crippen LogP contribution in [-0.4, -0.2) is 25.0 Å². The molecular formula is C15H22N2O. The summed E-state index contributed by atoms with van der Waals surface area (Å²) in [5.74, 6) is 0.184. The van der Waals surface area contributed by atoms with Crippen molar-refractivity contribution in [2.75, 3.05) is 18.0 Å². The summed E-state index contributed by atoms with van der Waals surface area (Å²) >= 11 is 0. The van der Waals surface area contributed by atoms with Crippen LogP contribution in [0.25, 0.3) is 0 Å². The largest absolute Gasteiger partial charge is 0.311 e. The zero-order chi connectivity index (χ0) is 13.1. The predicted octanol–water partition coefficient (Wildman–Crippen LogP) is 2.41. The molecule has 1 aromatic carbocycles. The molecule has 0 bridgehead atoms. The standard InChI is InChI=1S/C15H22N2O/c1-11-6-7-12(2)14(10-11)17-9-5-4-8-16-13(3)15(17)18/h6-7,10,13,16H,4-5,8-9H2,1-3H3. The van der Waals surface area contributed by atoms with Crippen molar-refractivity contribution in [2.24, 2.45) is 0 Å². The number of nitrogens with one attached hydrogen (secondary N) is 1. The molecule has 1 N–H and O–H groups in total. The molecule has 18 heavy (non-hydrogen) atoms. The minimum absolute atomic E-state index is 0.0924. The Morgan fingerprint density at radius 2 is 2.06 bits per heavy atom. The summed E-state index contributed by atoms with van der Waals surface area (Å²) in [5.41, 5.74) is 3.43. The highest BCUT2D eigenvalue weighted by atomic mass is 16.2. The van der Waals surface area contributed by atoms with Crippen molar-refractivity contribution in [3.8, 4) is 0 Å². The lowest BCUT2D eigenvalue weighted by Gasteiger charge is -2.30. The van der Waals surface area contributed by atoms with Crippen LogP contribution in [0.15, 0.2) is 18.2 Å². The van der Waals surface area contributed by atoms with E-state index >= 15 is 0 Å². The van der Waals surface area contributed by atoms with Crippen molar-refractivity contribution in [2.45, 2.75) is 39.7 Å². The van der Waals surface area contributed by atoms with Crippen LogP contribution >= 0.6 is 0 Å². The molecule has 3 heteroatoms. The van der Waals surface area contributed by atoms with E-state index in [0.717, 1.165) is 31.6 Å². The number of anilines is 1. The lowest BCUT2D eigenvalue weighted by molar-refractivity contribution is -0.120. The molecule has 3 nitrogen and oxygen atoms in total. The summed E-state index contributed by atoms with van der Waals surface area (Å²) in [6, 6.07) is 6.20. The topological polar surface area (TPSA) is 32.3 Å². The molecule has 1 aliphatic heterocycles. The van der Waals surface area contributed by atoms with Crippen LogP contribution in [0.1, 0.15) is 30.9 Å². The van der Waals surface area contributed by atoms with Gasteiger partial charge >= 0.3 is 0 Å². The van der Waals surface area contributed by atoms with Gasteiger partial charge in [0.15, 0.2) is 0 Å². The average molecular weight is 246 g/mol. The number of rotatable bonds is 1. The van der Waals surface area contributed by atoms with Crippen LogP contribution in [0.3, 0.4) is 0 Å². The van der Waals surface area contributed by atoms with Gasteiger partial charge in [0.25, 0.3) is 0 Å². The van der Waals surface area contributed by atoms with E-state index in [1.807, 2.05) is 11.8 Å². The first-order chi connectivity index (χ1) is 8.59. The molecule has 1 aromatic rings. The molecule has 0 radical (unpaired) electrons. The van der Waals surface area contributed by atoms with Crippen molar-refractivity contribution in [1.29, 1.82) is 0 Å². The molecule has 98 valence electrons. The number of aryl methyl sites for hydroxylation is 2. The number of hydrogen-bond donors (Lipinski definition) is 1. The van der Waals surface area contributed by atoms with Crippen LogP contribution in [0.5, 0.6) is 0 Å². The molecule has 0 spiro atoms. The second kappa shape index (κ2) is 5.53. The number of carbonyl (C=O) groups excluding carboxylic acids is 1. The van der Waals surface area contributed by atoms with E-state index in [-0.39, 0.29) is 11.9 Å². The Morgan fingerprint density at radius 3 is 2.83 bits per heavy atom. The first-order valence-corrected chi connectivity index (χ1v) is 6.71. The molecule has 1 unspecified atom stereocenters. The van der Waals surface area contributed by atoms with Gasteiger partial charge in [0, 0.05) is 12.2 Å². The monoisotopic (exact) mass is 246 g/mol. The summed E-state index contributed by atoms with van der Waals surface area (Å²) in [4.78, 5) is 14.4. The Morgan fingerprint density at radius 1 is 1.28 bits per heavy atom. The van der Waals surface area contributed by atoms with E-state index in [9.17, 15) is 4.79 Å². The summed E-state index contributed by atoms with van der Waals surface area (Å²) in [7, 11) is 0. The quantitative estimate of drug-likeness (QED) is 0.825. The summed E-state index contributed by atoms with van der Waals surface area (Å²) in [6.45, 7) is 7.85. The van der Waals surface area contributed by atoms with Gasteiger partial charge in [-0.2, -0.15) is 0 Å². The van der Waals surface area contributed by atoms with Crippen molar-refractivity contribution in [3.63, 3.8) is 0 Å². The molecule has 2 rings (SSSR count). The van der Waals surface area contributed by atoms with Crippen LogP contribution in [-0.2, 0) is 4.79 Å². The third-order valence-electron chi connectivity index (χ3n) is 3.55. The molecule has 1 saturated heterocycles. The summed E-state index contributed by atoms with van der Waals surface area (Å²) in [6.07, 6.45) is 2.18. The Bertz CT molecular complexity index is 442. The smallest absolute Gasteiger partial charge is 0.243 e. The zero-order valence-corrected chi connectivity index (χ0v) is 11.5. The van der Waals surface area contributed by atoms with Gasteiger partial charge in [0.1, 0.15) is 0 Å². The van der Waals surface area contributed by atoms with Crippen molar-refractivity contribution in [3.05, 3.63) is 29.3 Å². The number of hydrogen-bond acceptors (Lipinski definition) is 2. The van der Waals surface area contributed by atoms with Gasteiger partial charge in [-0.15, -0.1) is 0 Å². The van der Waals surface area contributed by atoms with Crippen molar-refractivity contribution >= 4 is 11.6 Å². The first-order valence-electron chi connectivity index (χ1n) is 6.71. The summed E-state index contributed by atoms with van der Waals surface area (Å²) < 4.78 is 0. The SMILES string of the molecule is Cc1ccc(C)c(N2CCCCNC(C)C2=O)c1. The Kier molecular flexibility index (Phi) is 4.02. The van der Waals surface area contributed by atoms with E-state index < -0.39 is 0 Å². The highest BCUT2D eigenvalue weighted by Gasteiger charge is 2.24. The van der Waals surface area contributed by atoms with E-state index in [2.05, 4.69) is 37.4 Å². The van der Waals surface area contributed by atoms with Gasteiger partial charge in [-0.25, -0.2) is 0 Å². The minimum Gasteiger partial charge on any atom is -0.311 e. The molecule has 1 amide bonds. The first kappa shape index (κ1) is 13.1. The van der Waals surface area contributed by atoms with Crippen LogP contribution in [0.4, 0.5) is 5.69 Å². The molecule has 1 heterocycles. The Hall–Kier alpha value is -1.35. The van der Waals surface area contributed by atoms with Gasteiger partial charge in [0.05, 0.1) is 6.04 Å². The normalized spacial score (nSPS) is 21.6. The lowest BCUT2D eigenvalue weighted by Crippen LogP contribution is -2.47. The van der Waals surface area contributed by atoms with Gasteiger partial charge in [-0.1, -0.05) is 12.1 Å². The molecule has 1 aliphatic rings. The highest BCUT2D eigenvalue weighted by molar-refractivity contribution is 5.97. The zero-order valence-electron chi connectivity index (χ0n) is 11.5. The fraction of sp³-hybridized carbons (Fsp3) is 0.533. The molecular weight excluding hydrogens is 224 g/mol. The number of carbonyl (C=O) groups is 1. The highest BCUT2D eigenvalue weighted by Crippen LogP contribution is 2.23. The molecule has 0 aliphatic carbocycles. The molecule has 0 saturated carbocycles. The Labute approximate surface area is 109 Å². The number of amides is 1. The van der Waals surface area contributed by atoms with E-state index in [1.165, 1.54) is 11.1 Å². The average Bonchev–Trinajstić information content (AvgIpc) is 2.34. The maximum atomic E-state index is 12.4. The Balaban J connectivity index is 2.33. The van der Waals surface area contributed by atoms with E-state index in [0.29, 0.717) is 0 Å². The van der Waals surface area contributed by atoms with Crippen LogP contribution in [0, 0.1) is 13.8 Å². The maximum Gasteiger partial charge on any atom is 0.243 e. The minimum atomic E-state index is -0.0924. The molecule has 0 aromatic heterocycles. The third-order valence-corrected chi connectivity index (χ3v) is 3.55.